The fourth-order valence-electron chi connectivity index (χ4n) is 4.42. The van der Waals surface area contributed by atoms with Crippen LogP contribution in [-0.4, -0.2) is 34.0 Å². The lowest BCUT2D eigenvalue weighted by atomic mass is 9.91. The van der Waals surface area contributed by atoms with Crippen LogP contribution >= 0.6 is 23.2 Å². The summed E-state index contributed by atoms with van der Waals surface area (Å²) in [5, 5.41) is 9.46. The molecule has 4 rings (SSSR count). The molecular weight excluding hydrogens is 511 g/mol. The van der Waals surface area contributed by atoms with Crippen molar-refractivity contribution in [2.75, 3.05) is 6.54 Å². The van der Waals surface area contributed by atoms with E-state index in [1.54, 1.807) is 18.2 Å². The van der Waals surface area contributed by atoms with Gasteiger partial charge in [-0.05, 0) is 53.9 Å². The minimum atomic E-state index is -1.22. The zero-order chi connectivity index (χ0) is 26.0. The van der Waals surface area contributed by atoms with Gasteiger partial charge in [-0.25, -0.2) is 8.78 Å². The van der Waals surface area contributed by atoms with Crippen LogP contribution in [0.25, 0.3) is 0 Å². The Labute approximate surface area is 217 Å². The average molecular weight is 534 g/mol. The molecule has 0 saturated carbocycles. The number of ether oxygens (including phenoxy) is 1. The highest BCUT2D eigenvalue weighted by Crippen LogP contribution is 2.38. The number of halogens is 4. The maximum absolute atomic E-state index is 14.2. The quantitative estimate of drug-likeness (QED) is 0.393. The Kier molecular flexibility index (Phi) is 7.52. The molecule has 1 heterocycles. The second-order valence-electron chi connectivity index (χ2n) is 9.12. The van der Waals surface area contributed by atoms with Gasteiger partial charge >= 0.3 is 5.97 Å². The summed E-state index contributed by atoms with van der Waals surface area (Å²) in [6, 6.07) is 14.1. The number of carbonyl (C=O) groups excluding carboxylic acids is 1. The van der Waals surface area contributed by atoms with E-state index in [2.05, 4.69) is 0 Å². The average Bonchev–Trinajstić information content (AvgIpc) is 3.12. The number of carboxylic acids is 1. The number of amides is 1. The van der Waals surface area contributed by atoms with E-state index in [4.69, 9.17) is 27.9 Å². The highest BCUT2D eigenvalue weighted by molar-refractivity contribution is 6.31. The molecule has 0 fully saturated rings. The number of hydrogen-bond acceptors (Lipinski definition) is 3. The Morgan fingerprint density at radius 2 is 1.78 bits per heavy atom. The standard InChI is InChI=1S/C27H23Cl2F2NO4/c1-27(12-17-5-7-21(29)23(31)10-17)13-18-9-16(6-8-24(18)36-27)11-25(33)32(15-26(34)35)14-19-20(28)3-2-4-22(19)30/h2-10H,11-15H2,1H3,(H,34,35). The van der Waals surface area contributed by atoms with Crippen LogP contribution in [0, 0.1) is 11.6 Å². The number of carboxylic acid groups (broad SMARTS) is 1. The molecule has 0 spiro atoms. The molecule has 1 amide bonds. The van der Waals surface area contributed by atoms with Crippen molar-refractivity contribution in [2.45, 2.75) is 38.3 Å². The molecule has 0 aliphatic carbocycles. The first-order valence-electron chi connectivity index (χ1n) is 11.2. The van der Waals surface area contributed by atoms with Crippen molar-refractivity contribution >= 4 is 35.1 Å². The van der Waals surface area contributed by atoms with Gasteiger partial charge in [0, 0.05) is 23.4 Å². The van der Waals surface area contributed by atoms with Crippen LogP contribution in [0.5, 0.6) is 5.75 Å². The van der Waals surface area contributed by atoms with E-state index >= 15 is 0 Å². The van der Waals surface area contributed by atoms with Crippen LogP contribution in [0.2, 0.25) is 10.0 Å². The first-order chi connectivity index (χ1) is 17.0. The molecule has 5 nitrogen and oxygen atoms in total. The van der Waals surface area contributed by atoms with Crippen molar-refractivity contribution < 1.29 is 28.2 Å². The van der Waals surface area contributed by atoms with Crippen molar-refractivity contribution in [1.29, 1.82) is 0 Å². The number of nitrogens with zero attached hydrogens (tertiary/aromatic N) is 1. The normalized spacial score (nSPS) is 16.4. The minimum absolute atomic E-state index is 0.0584. The number of hydrogen-bond donors (Lipinski definition) is 1. The minimum Gasteiger partial charge on any atom is -0.487 e. The summed E-state index contributed by atoms with van der Waals surface area (Å²) in [6.45, 7) is 1.07. The Balaban J connectivity index is 1.48. The van der Waals surface area contributed by atoms with Crippen molar-refractivity contribution in [3.63, 3.8) is 0 Å². The van der Waals surface area contributed by atoms with E-state index < -0.39 is 35.7 Å². The van der Waals surface area contributed by atoms with Gasteiger partial charge in [-0.3, -0.25) is 9.59 Å². The second kappa shape index (κ2) is 10.4. The van der Waals surface area contributed by atoms with Crippen LogP contribution in [0.4, 0.5) is 8.78 Å². The van der Waals surface area contributed by atoms with Crippen LogP contribution < -0.4 is 4.74 Å². The summed E-state index contributed by atoms with van der Waals surface area (Å²) in [5.74, 6) is -2.12. The van der Waals surface area contributed by atoms with Crippen molar-refractivity contribution in [2.24, 2.45) is 0 Å². The molecular formula is C27H23Cl2F2NO4. The lowest BCUT2D eigenvalue weighted by Gasteiger charge is -2.24. The molecule has 0 aromatic heterocycles. The molecule has 1 atom stereocenters. The molecule has 1 unspecified atom stereocenters. The number of fused-ring (bicyclic) bond motifs is 1. The topological polar surface area (TPSA) is 66.8 Å². The van der Waals surface area contributed by atoms with Crippen LogP contribution in [0.3, 0.4) is 0 Å². The van der Waals surface area contributed by atoms with E-state index in [-0.39, 0.29) is 28.6 Å². The van der Waals surface area contributed by atoms with Crippen molar-refractivity contribution in [3.05, 3.63) is 98.5 Å². The smallest absolute Gasteiger partial charge is 0.323 e. The van der Waals surface area contributed by atoms with Gasteiger partial charge in [-0.2, -0.15) is 0 Å². The lowest BCUT2D eigenvalue weighted by Crippen LogP contribution is -2.36. The van der Waals surface area contributed by atoms with E-state index in [9.17, 15) is 23.5 Å². The molecule has 36 heavy (non-hydrogen) atoms. The largest absolute Gasteiger partial charge is 0.487 e. The maximum atomic E-state index is 14.2. The van der Waals surface area contributed by atoms with Gasteiger partial charge in [-0.15, -0.1) is 0 Å². The monoisotopic (exact) mass is 533 g/mol. The molecule has 0 bridgehead atoms. The fraction of sp³-hybridized carbons (Fsp3) is 0.259. The first-order valence-corrected chi connectivity index (χ1v) is 12.0. The van der Waals surface area contributed by atoms with E-state index in [0.29, 0.717) is 24.2 Å². The van der Waals surface area contributed by atoms with Gasteiger partial charge in [0.1, 0.15) is 29.5 Å². The third-order valence-corrected chi connectivity index (χ3v) is 6.71. The summed E-state index contributed by atoms with van der Waals surface area (Å²) in [6.07, 6.45) is 0.920. The molecule has 3 aromatic carbocycles. The van der Waals surface area contributed by atoms with Crippen LogP contribution in [-0.2, 0) is 35.4 Å². The summed E-state index contributed by atoms with van der Waals surface area (Å²) in [4.78, 5) is 25.5. The first kappa shape index (κ1) is 25.9. The van der Waals surface area contributed by atoms with Gasteiger partial charge < -0.3 is 14.7 Å². The van der Waals surface area contributed by atoms with E-state index in [1.807, 2.05) is 13.0 Å². The van der Waals surface area contributed by atoms with E-state index in [0.717, 1.165) is 16.0 Å². The summed E-state index contributed by atoms with van der Waals surface area (Å²) in [7, 11) is 0. The maximum Gasteiger partial charge on any atom is 0.323 e. The SMILES string of the molecule is CC1(Cc2ccc(Cl)c(F)c2)Cc2cc(CC(=O)N(CC(=O)O)Cc3c(F)cccc3Cl)ccc2O1. The number of benzene rings is 3. The molecule has 9 heteroatoms. The molecule has 0 saturated heterocycles. The zero-order valence-electron chi connectivity index (χ0n) is 19.4. The van der Waals surface area contributed by atoms with Gasteiger partial charge in [0.15, 0.2) is 0 Å². The van der Waals surface area contributed by atoms with Crippen molar-refractivity contribution in [3.8, 4) is 5.75 Å². The Hall–Kier alpha value is -3.16. The van der Waals surface area contributed by atoms with Crippen molar-refractivity contribution in [1.82, 2.24) is 4.90 Å². The van der Waals surface area contributed by atoms with Gasteiger partial charge in [-0.1, -0.05) is 47.5 Å². The Bertz CT molecular complexity index is 1310. The summed E-state index contributed by atoms with van der Waals surface area (Å²) < 4.78 is 34.3. The summed E-state index contributed by atoms with van der Waals surface area (Å²) in [5.41, 5.74) is 1.75. The van der Waals surface area contributed by atoms with Crippen LogP contribution in [0.15, 0.2) is 54.6 Å². The Morgan fingerprint density at radius 1 is 1.03 bits per heavy atom. The third-order valence-electron chi connectivity index (χ3n) is 6.05. The molecule has 1 aliphatic rings. The molecule has 0 radical (unpaired) electrons. The van der Waals surface area contributed by atoms with Gasteiger partial charge in [0.2, 0.25) is 5.91 Å². The predicted octanol–water partition coefficient (Wildman–Crippen LogP) is 5.86. The van der Waals surface area contributed by atoms with Gasteiger partial charge in [0.05, 0.1) is 18.0 Å². The van der Waals surface area contributed by atoms with Gasteiger partial charge in [0.25, 0.3) is 0 Å². The highest BCUT2D eigenvalue weighted by Gasteiger charge is 2.35. The molecule has 1 N–H and O–H groups in total. The van der Waals surface area contributed by atoms with Crippen LogP contribution in [0.1, 0.15) is 29.2 Å². The third kappa shape index (κ3) is 5.97. The number of rotatable bonds is 8. The second-order valence-corrected chi connectivity index (χ2v) is 9.93. The lowest BCUT2D eigenvalue weighted by molar-refractivity contribution is -0.144. The Morgan fingerprint density at radius 3 is 2.47 bits per heavy atom. The molecule has 188 valence electrons. The summed E-state index contributed by atoms with van der Waals surface area (Å²) >= 11 is 11.9. The fourth-order valence-corrected chi connectivity index (χ4v) is 4.76. The zero-order valence-corrected chi connectivity index (χ0v) is 20.9. The number of carbonyl (C=O) groups is 2. The molecule has 3 aromatic rings. The van der Waals surface area contributed by atoms with E-state index in [1.165, 1.54) is 30.3 Å². The predicted molar refractivity (Wildman–Crippen MR) is 132 cm³/mol. The number of aliphatic carboxylic acids is 1. The highest BCUT2D eigenvalue weighted by atomic mass is 35.5. The molecule has 1 aliphatic heterocycles.